The maximum absolute atomic E-state index is 12.5. The van der Waals surface area contributed by atoms with Crippen LogP contribution in [0.15, 0.2) is 23.2 Å². The lowest BCUT2D eigenvalue weighted by atomic mass is 10.2. The molecule has 0 bridgehead atoms. The van der Waals surface area contributed by atoms with Gasteiger partial charge in [0.2, 0.25) is 5.76 Å². The van der Waals surface area contributed by atoms with Crippen LogP contribution >= 0.6 is 0 Å². The molecule has 2 saturated carbocycles. The van der Waals surface area contributed by atoms with Crippen molar-refractivity contribution >= 4 is 5.91 Å². The lowest BCUT2D eigenvalue weighted by molar-refractivity contribution is 0.0865. The highest BCUT2D eigenvalue weighted by Crippen LogP contribution is 2.40. The Morgan fingerprint density at radius 3 is 3.00 bits per heavy atom. The average molecular weight is 316 g/mol. The Bertz CT molecular complexity index is 704. The third-order valence-electron chi connectivity index (χ3n) is 4.50. The summed E-state index contributed by atoms with van der Waals surface area (Å²) in [5.41, 5.74) is 0.797. The highest BCUT2D eigenvalue weighted by molar-refractivity contribution is 5.93. The number of ether oxygens (including phenoxy) is 1. The van der Waals surface area contributed by atoms with Crippen LogP contribution in [0.3, 0.4) is 0 Å². The van der Waals surface area contributed by atoms with Gasteiger partial charge in [-0.2, -0.15) is 5.10 Å². The molecule has 0 saturated heterocycles. The molecule has 2 aliphatic carbocycles. The molecule has 0 aromatic carbocycles. The van der Waals surface area contributed by atoms with E-state index in [0.29, 0.717) is 11.7 Å². The van der Waals surface area contributed by atoms with Gasteiger partial charge in [0.1, 0.15) is 6.10 Å². The van der Waals surface area contributed by atoms with E-state index in [1.807, 2.05) is 13.2 Å². The fourth-order valence-electron chi connectivity index (χ4n) is 3.17. The Hall–Kier alpha value is -2.31. The molecule has 2 aromatic heterocycles. The number of amides is 1. The summed E-state index contributed by atoms with van der Waals surface area (Å²) in [6, 6.07) is -0.0140. The molecule has 2 aliphatic rings. The monoisotopic (exact) mass is 316 g/mol. The summed E-state index contributed by atoms with van der Waals surface area (Å²) in [5.74, 6) is 1.30. The molecule has 2 aromatic rings. The van der Waals surface area contributed by atoms with E-state index in [1.54, 1.807) is 10.9 Å². The van der Waals surface area contributed by atoms with E-state index in [2.05, 4.69) is 15.4 Å². The minimum atomic E-state index is -0.184. The number of aryl methyl sites for hydroxylation is 1. The highest BCUT2D eigenvalue weighted by Gasteiger charge is 2.35. The molecule has 1 amide bonds. The molecule has 7 nitrogen and oxygen atoms in total. The topological polar surface area (TPSA) is 82.2 Å². The van der Waals surface area contributed by atoms with Crippen LogP contribution in [0.25, 0.3) is 0 Å². The zero-order valence-corrected chi connectivity index (χ0v) is 13.1. The molecule has 0 spiro atoms. The van der Waals surface area contributed by atoms with Crippen molar-refractivity contribution in [2.75, 3.05) is 0 Å². The van der Waals surface area contributed by atoms with Crippen LogP contribution in [0.1, 0.15) is 54.3 Å². The number of carbonyl (C=O) groups is 1. The Kier molecular flexibility index (Phi) is 3.55. The number of aromatic nitrogens is 3. The first-order chi connectivity index (χ1) is 11.2. The summed E-state index contributed by atoms with van der Waals surface area (Å²) >= 11 is 0. The predicted molar refractivity (Wildman–Crippen MR) is 81.2 cm³/mol. The van der Waals surface area contributed by atoms with Gasteiger partial charge in [-0.15, -0.1) is 0 Å². The largest absolute Gasteiger partial charge is 0.485 e. The number of hydrogen-bond donors (Lipinski definition) is 1. The van der Waals surface area contributed by atoms with Crippen molar-refractivity contribution in [3.63, 3.8) is 0 Å². The Morgan fingerprint density at radius 2 is 2.26 bits per heavy atom. The number of oxazole rings is 1. The second kappa shape index (κ2) is 5.72. The Labute approximate surface area is 134 Å². The summed E-state index contributed by atoms with van der Waals surface area (Å²) in [5, 5.41) is 7.16. The third-order valence-corrected chi connectivity index (χ3v) is 4.50. The van der Waals surface area contributed by atoms with Gasteiger partial charge in [-0.25, -0.2) is 4.98 Å². The van der Waals surface area contributed by atoms with E-state index in [-0.39, 0.29) is 18.1 Å². The molecule has 4 rings (SSSR count). The summed E-state index contributed by atoms with van der Waals surface area (Å²) in [6.07, 6.45) is 9.89. The first-order valence-corrected chi connectivity index (χ1v) is 8.10. The van der Waals surface area contributed by atoms with E-state index in [1.165, 1.54) is 6.39 Å². The number of nitrogens with zero attached hydrogens (tertiary/aromatic N) is 3. The van der Waals surface area contributed by atoms with Crippen LogP contribution in [0.5, 0.6) is 5.75 Å². The molecule has 122 valence electrons. The number of rotatable bonds is 5. The maximum atomic E-state index is 12.5. The lowest BCUT2D eigenvalue weighted by Gasteiger charge is -2.21. The van der Waals surface area contributed by atoms with Gasteiger partial charge in [0.25, 0.3) is 5.91 Å². The normalized spacial score (nSPS) is 23.9. The Morgan fingerprint density at radius 1 is 1.39 bits per heavy atom. The van der Waals surface area contributed by atoms with Gasteiger partial charge < -0.3 is 14.5 Å². The van der Waals surface area contributed by atoms with Crippen molar-refractivity contribution < 1.29 is 13.9 Å². The molecule has 2 fully saturated rings. The molecule has 2 atom stereocenters. The van der Waals surface area contributed by atoms with Gasteiger partial charge in [0, 0.05) is 13.0 Å². The van der Waals surface area contributed by atoms with Crippen LogP contribution < -0.4 is 10.1 Å². The van der Waals surface area contributed by atoms with E-state index in [4.69, 9.17) is 9.15 Å². The summed E-state index contributed by atoms with van der Waals surface area (Å²) < 4.78 is 13.0. The smallest absolute Gasteiger partial charge is 0.289 e. The molecule has 2 heterocycles. The van der Waals surface area contributed by atoms with Gasteiger partial charge in [-0.05, 0) is 32.1 Å². The highest BCUT2D eigenvalue weighted by atomic mass is 16.5. The third kappa shape index (κ3) is 2.95. The summed E-state index contributed by atoms with van der Waals surface area (Å²) in [4.78, 5) is 16.7. The predicted octanol–water partition coefficient (Wildman–Crippen LogP) is 2.02. The molecular weight excluding hydrogens is 296 g/mol. The number of nitrogens with one attached hydrogen (secondary N) is 1. The van der Waals surface area contributed by atoms with Gasteiger partial charge >= 0.3 is 0 Å². The fourth-order valence-corrected chi connectivity index (χ4v) is 3.17. The van der Waals surface area contributed by atoms with Crippen molar-refractivity contribution in [2.45, 2.75) is 50.2 Å². The van der Waals surface area contributed by atoms with E-state index < -0.39 is 0 Å². The van der Waals surface area contributed by atoms with Crippen molar-refractivity contribution in [2.24, 2.45) is 7.05 Å². The van der Waals surface area contributed by atoms with E-state index in [0.717, 1.165) is 43.5 Å². The maximum Gasteiger partial charge on any atom is 0.289 e. The molecule has 23 heavy (non-hydrogen) atoms. The zero-order chi connectivity index (χ0) is 15.8. The van der Waals surface area contributed by atoms with Crippen LogP contribution in [0.4, 0.5) is 0 Å². The second-order valence-electron chi connectivity index (χ2n) is 6.36. The fraction of sp³-hybridized carbons (Fsp3) is 0.562. The number of carbonyl (C=O) groups excluding carboxylic acids is 1. The summed E-state index contributed by atoms with van der Waals surface area (Å²) in [6.45, 7) is 0. The first kappa shape index (κ1) is 14.3. The molecular formula is C16H20N4O3. The molecule has 0 unspecified atom stereocenters. The van der Waals surface area contributed by atoms with Crippen molar-refractivity contribution in [1.29, 1.82) is 0 Å². The quantitative estimate of drug-likeness (QED) is 0.912. The van der Waals surface area contributed by atoms with Crippen LogP contribution in [-0.4, -0.2) is 32.8 Å². The Balaban J connectivity index is 1.42. The molecule has 7 heteroatoms. The molecule has 1 N–H and O–H groups in total. The first-order valence-electron chi connectivity index (χ1n) is 8.10. The average Bonchev–Trinajstić information content (AvgIpc) is 2.93. The van der Waals surface area contributed by atoms with E-state index in [9.17, 15) is 4.79 Å². The summed E-state index contributed by atoms with van der Waals surface area (Å²) in [7, 11) is 1.85. The number of hydrogen-bond acceptors (Lipinski definition) is 5. The minimum Gasteiger partial charge on any atom is -0.485 e. The van der Waals surface area contributed by atoms with Crippen LogP contribution in [0, 0.1) is 0 Å². The van der Waals surface area contributed by atoms with Crippen LogP contribution in [-0.2, 0) is 7.05 Å². The van der Waals surface area contributed by atoms with Crippen molar-refractivity contribution in [3.8, 4) is 5.75 Å². The lowest BCUT2D eigenvalue weighted by Crippen LogP contribution is -2.42. The second-order valence-corrected chi connectivity index (χ2v) is 6.36. The molecule has 0 radical (unpaired) electrons. The van der Waals surface area contributed by atoms with Crippen molar-refractivity contribution in [3.05, 3.63) is 30.2 Å². The van der Waals surface area contributed by atoms with Crippen molar-refractivity contribution in [1.82, 2.24) is 20.1 Å². The standard InChI is InChI=1S/C16H20N4O3/c1-20-8-11(7-18-20)23-13-4-2-3-12(13)19-16(21)15-14(10-5-6-10)17-9-22-15/h7-10,12-13H,2-6H2,1H3,(H,19,21)/t12-,13+/m0/s1. The van der Waals surface area contributed by atoms with Gasteiger partial charge in [-0.3, -0.25) is 9.48 Å². The zero-order valence-electron chi connectivity index (χ0n) is 13.1. The molecule has 0 aliphatic heterocycles. The minimum absolute atomic E-state index is 0.0140. The van der Waals surface area contributed by atoms with Gasteiger partial charge in [0.05, 0.1) is 24.1 Å². The van der Waals surface area contributed by atoms with Gasteiger partial charge in [0.15, 0.2) is 12.1 Å². The SMILES string of the molecule is Cn1cc(O[C@@H]2CCC[C@@H]2NC(=O)c2ocnc2C2CC2)cn1. The van der Waals surface area contributed by atoms with Crippen LogP contribution in [0.2, 0.25) is 0 Å². The van der Waals surface area contributed by atoms with Gasteiger partial charge in [-0.1, -0.05) is 0 Å². The van der Waals surface area contributed by atoms with E-state index >= 15 is 0 Å².